The molecule has 3 amide bonds. The van der Waals surface area contributed by atoms with Crippen molar-refractivity contribution in [2.24, 2.45) is 0 Å². The summed E-state index contributed by atoms with van der Waals surface area (Å²) in [5.41, 5.74) is 1.29. The van der Waals surface area contributed by atoms with Crippen LogP contribution in [0.25, 0.3) is 22.1 Å². The number of hydrogen-bond donors (Lipinski definition) is 2. The Morgan fingerprint density at radius 1 is 1.12 bits per heavy atom. The number of imide groups is 1. The molecule has 1 atom stereocenters. The average Bonchev–Trinajstić information content (AvgIpc) is 3.27. The Kier molecular flexibility index (Phi) is 6.46. The lowest BCUT2D eigenvalue weighted by molar-refractivity contribution is -0.126. The Balaban J connectivity index is 1.53. The number of rotatable bonds is 5. The van der Waals surface area contributed by atoms with E-state index >= 15 is 0 Å². The molecule has 166 valence electrons. The van der Waals surface area contributed by atoms with Gasteiger partial charge in [0.25, 0.3) is 5.91 Å². The highest BCUT2D eigenvalue weighted by molar-refractivity contribution is 6.33. The minimum atomic E-state index is -0.997. The van der Waals surface area contributed by atoms with Crippen molar-refractivity contribution in [1.82, 2.24) is 10.6 Å². The van der Waals surface area contributed by atoms with Crippen molar-refractivity contribution in [3.63, 3.8) is 0 Å². The fourth-order valence-electron chi connectivity index (χ4n) is 3.86. The number of nitrogens with one attached hydrogen (secondary N) is 2. The zero-order valence-corrected chi connectivity index (χ0v) is 18.3. The third-order valence-corrected chi connectivity index (χ3v) is 5.78. The van der Waals surface area contributed by atoms with Gasteiger partial charge in [0, 0.05) is 23.6 Å². The van der Waals surface area contributed by atoms with E-state index in [0.717, 1.165) is 31.2 Å². The first-order valence-corrected chi connectivity index (χ1v) is 10.9. The van der Waals surface area contributed by atoms with Crippen LogP contribution in [0.4, 0.5) is 4.79 Å². The number of halogens is 1. The van der Waals surface area contributed by atoms with Crippen LogP contribution in [-0.4, -0.2) is 24.1 Å². The zero-order chi connectivity index (χ0) is 22.7. The summed E-state index contributed by atoms with van der Waals surface area (Å²) in [5, 5.41) is 5.97. The van der Waals surface area contributed by atoms with Crippen LogP contribution in [0, 0.1) is 0 Å². The molecule has 4 rings (SSSR count). The number of carbonyl (C=O) groups is 2. The van der Waals surface area contributed by atoms with Gasteiger partial charge in [0.15, 0.2) is 6.10 Å². The third-order valence-electron chi connectivity index (χ3n) is 5.48. The lowest BCUT2D eigenvalue weighted by Crippen LogP contribution is -2.47. The van der Waals surface area contributed by atoms with E-state index in [1.807, 2.05) is 30.3 Å². The Morgan fingerprint density at radius 3 is 2.56 bits per heavy atom. The summed E-state index contributed by atoms with van der Waals surface area (Å²) in [6.07, 6.45) is 2.97. The van der Waals surface area contributed by atoms with Crippen molar-refractivity contribution in [1.29, 1.82) is 0 Å². The second-order valence-corrected chi connectivity index (χ2v) is 8.24. The Labute approximate surface area is 189 Å². The Morgan fingerprint density at radius 2 is 1.84 bits per heavy atom. The summed E-state index contributed by atoms with van der Waals surface area (Å²) in [6, 6.07) is 13.5. The topological polar surface area (TPSA) is 97.6 Å². The first kappa shape index (κ1) is 21.9. The molecule has 1 aromatic heterocycles. The molecule has 0 saturated heterocycles. The molecule has 3 aromatic rings. The van der Waals surface area contributed by atoms with E-state index < -0.39 is 23.7 Å². The second-order valence-electron chi connectivity index (χ2n) is 7.83. The van der Waals surface area contributed by atoms with Gasteiger partial charge in [0.05, 0.1) is 5.02 Å². The molecule has 1 heterocycles. The van der Waals surface area contributed by atoms with Crippen molar-refractivity contribution >= 4 is 34.5 Å². The zero-order valence-electron chi connectivity index (χ0n) is 17.5. The molecular formula is C24H23ClN2O5. The number of benzene rings is 2. The van der Waals surface area contributed by atoms with Crippen LogP contribution in [0.2, 0.25) is 5.02 Å². The minimum absolute atomic E-state index is 0.0932. The monoisotopic (exact) mass is 454 g/mol. The van der Waals surface area contributed by atoms with Crippen LogP contribution < -0.4 is 21.0 Å². The van der Waals surface area contributed by atoms with E-state index in [4.69, 9.17) is 20.8 Å². The van der Waals surface area contributed by atoms with Gasteiger partial charge in [-0.05, 0) is 37.0 Å². The molecule has 32 heavy (non-hydrogen) atoms. The van der Waals surface area contributed by atoms with Crippen molar-refractivity contribution in [2.75, 3.05) is 0 Å². The normalized spacial score (nSPS) is 14.8. The predicted octanol–water partition coefficient (Wildman–Crippen LogP) is 4.65. The highest BCUT2D eigenvalue weighted by Gasteiger charge is 2.22. The van der Waals surface area contributed by atoms with Gasteiger partial charge in [0.2, 0.25) is 0 Å². The second kappa shape index (κ2) is 9.44. The largest absolute Gasteiger partial charge is 0.479 e. The Bertz CT molecular complexity index is 1200. The van der Waals surface area contributed by atoms with Gasteiger partial charge in [-0.15, -0.1) is 0 Å². The number of carbonyl (C=O) groups excluding carboxylic acids is 2. The van der Waals surface area contributed by atoms with Crippen LogP contribution in [0.15, 0.2) is 57.7 Å². The Hall–Kier alpha value is -3.32. The molecule has 2 N–H and O–H groups in total. The van der Waals surface area contributed by atoms with Crippen LogP contribution in [0.3, 0.4) is 0 Å². The fourth-order valence-corrected chi connectivity index (χ4v) is 4.07. The number of ether oxygens (including phenoxy) is 1. The molecule has 1 fully saturated rings. The van der Waals surface area contributed by atoms with Gasteiger partial charge in [-0.3, -0.25) is 10.1 Å². The van der Waals surface area contributed by atoms with Crippen LogP contribution in [0.5, 0.6) is 5.75 Å². The summed E-state index contributed by atoms with van der Waals surface area (Å²) in [6.45, 7) is 1.51. The van der Waals surface area contributed by atoms with E-state index in [0.29, 0.717) is 10.9 Å². The SMILES string of the molecule is CC(Oc1cc2oc(=O)cc(-c3ccccc3)c2cc1Cl)C(=O)NC(=O)NC1CCCC1. The molecule has 1 unspecified atom stereocenters. The molecule has 0 aliphatic heterocycles. The molecule has 1 aliphatic rings. The van der Waals surface area contributed by atoms with Crippen molar-refractivity contribution in [3.8, 4) is 16.9 Å². The molecular weight excluding hydrogens is 432 g/mol. The first-order valence-electron chi connectivity index (χ1n) is 10.5. The highest BCUT2D eigenvalue weighted by atomic mass is 35.5. The lowest BCUT2D eigenvalue weighted by Gasteiger charge is -2.17. The van der Waals surface area contributed by atoms with Gasteiger partial charge in [-0.1, -0.05) is 54.8 Å². The maximum atomic E-state index is 12.4. The molecule has 0 spiro atoms. The maximum absolute atomic E-state index is 12.4. The van der Waals surface area contributed by atoms with Gasteiger partial charge in [-0.25, -0.2) is 9.59 Å². The smallest absolute Gasteiger partial charge is 0.336 e. The van der Waals surface area contributed by atoms with E-state index in [9.17, 15) is 14.4 Å². The van der Waals surface area contributed by atoms with Crippen molar-refractivity contribution < 1.29 is 18.7 Å². The number of urea groups is 1. The number of amides is 3. The number of fused-ring (bicyclic) bond motifs is 1. The first-order chi connectivity index (χ1) is 15.4. The molecule has 7 nitrogen and oxygen atoms in total. The summed E-state index contributed by atoms with van der Waals surface area (Å²) < 4.78 is 11.0. The molecule has 8 heteroatoms. The van der Waals surface area contributed by atoms with E-state index in [2.05, 4.69) is 10.6 Å². The average molecular weight is 455 g/mol. The van der Waals surface area contributed by atoms with Crippen molar-refractivity contribution in [3.05, 3.63) is 64.0 Å². The quantitative estimate of drug-likeness (QED) is 0.547. The van der Waals surface area contributed by atoms with Gasteiger partial charge >= 0.3 is 11.7 Å². The molecule has 2 aromatic carbocycles. The third kappa shape index (κ3) is 4.94. The van der Waals surface area contributed by atoms with Crippen LogP contribution in [0.1, 0.15) is 32.6 Å². The lowest BCUT2D eigenvalue weighted by atomic mass is 10.0. The molecule has 1 saturated carbocycles. The summed E-state index contributed by atoms with van der Waals surface area (Å²) in [7, 11) is 0. The maximum Gasteiger partial charge on any atom is 0.336 e. The molecule has 0 radical (unpaired) electrons. The fraction of sp³-hybridized carbons (Fsp3) is 0.292. The van der Waals surface area contributed by atoms with Crippen molar-refractivity contribution in [2.45, 2.75) is 44.8 Å². The van der Waals surface area contributed by atoms with E-state index in [-0.39, 0.29) is 22.4 Å². The predicted molar refractivity (Wildman–Crippen MR) is 122 cm³/mol. The summed E-state index contributed by atoms with van der Waals surface area (Å²) >= 11 is 6.41. The van der Waals surface area contributed by atoms with Crippen LogP contribution >= 0.6 is 11.6 Å². The molecule has 1 aliphatic carbocycles. The summed E-state index contributed by atoms with van der Waals surface area (Å²) in [4.78, 5) is 36.5. The standard InChI is InChI=1S/C24H23ClN2O5/c1-14(23(29)27-24(30)26-16-9-5-6-10-16)31-21-13-20-18(11-19(21)25)17(12-22(28)32-20)15-7-3-2-4-8-15/h2-4,7-8,11-14,16H,5-6,9-10H2,1H3,(H2,26,27,29,30). The van der Waals surface area contributed by atoms with E-state index in [1.165, 1.54) is 19.1 Å². The van der Waals surface area contributed by atoms with Gasteiger partial charge in [0.1, 0.15) is 11.3 Å². The van der Waals surface area contributed by atoms with Gasteiger partial charge in [-0.2, -0.15) is 0 Å². The van der Waals surface area contributed by atoms with Crippen LogP contribution in [-0.2, 0) is 4.79 Å². The van der Waals surface area contributed by atoms with Gasteiger partial charge < -0.3 is 14.5 Å². The highest BCUT2D eigenvalue weighted by Crippen LogP contribution is 2.35. The minimum Gasteiger partial charge on any atom is -0.479 e. The number of hydrogen-bond acceptors (Lipinski definition) is 5. The van der Waals surface area contributed by atoms with E-state index in [1.54, 1.807) is 6.07 Å². The molecule has 0 bridgehead atoms. The summed E-state index contributed by atoms with van der Waals surface area (Å²) in [5.74, 6) is -0.428.